The van der Waals surface area contributed by atoms with Gasteiger partial charge in [-0.2, -0.15) is 0 Å². The van der Waals surface area contributed by atoms with Crippen molar-refractivity contribution in [2.45, 2.75) is 82.3 Å². The molecule has 0 N–H and O–H groups in total. The maximum atomic E-state index is 13.2. The van der Waals surface area contributed by atoms with Gasteiger partial charge in [-0.1, -0.05) is 62.1 Å². The van der Waals surface area contributed by atoms with E-state index in [1.165, 1.54) is 36.8 Å². The van der Waals surface area contributed by atoms with Gasteiger partial charge in [0.05, 0.1) is 6.61 Å². The normalized spacial score (nSPS) is 25.8. The van der Waals surface area contributed by atoms with Gasteiger partial charge in [-0.25, -0.2) is 9.59 Å². The van der Waals surface area contributed by atoms with Gasteiger partial charge in [0.15, 0.2) is 0 Å². The third-order valence-corrected chi connectivity index (χ3v) is 9.56. The average molecular weight is 534 g/mol. The molecule has 3 fully saturated rings. The van der Waals surface area contributed by atoms with Gasteiger partial charge in [0.2, 0.25) is 6.79 Å². The first-order chi connectivity index (χ1) is 19.1. The summed E-state index contributed by atoms with van der Waals surface area (Å²) in [6.07, 6.45) is 10.2. The summed E-state index contributed by atoms with van der Waals surface area (Å²) < 4.78 is 22.1. The Morgan fingerprint density at radius 2 is 1.72 bits per heavy atom. The number of carbonyl (C=O) groups excluding carboxylic acids is 2. The van der Waals surface area contributed by atoms with Crippen molar-refractivity contribution in [2.24, 2.45) is 11.8 Å². The van der Waals surface area contributed by atoms with Crippen LogP contribution in [-0.4, -0.2) is 43.1 Å². The van der Waals surface area contributed by atoms with Crippen LogP contribution in [0.3, 0.4) is 0 Å². The van der Waals surface area contributed by atoms with E-state index in [2.05, 4.69) is 12.1 Å². The monoisotopic (exact) mass is 533 g/mol. The predicted octanol–water partition coefficient (Wildman–Crippen LogP) is 6.76. The van der Waals surface area contributed by atoms with Gasteiger partial charge in [0.1, 0.15) is 12.4 Å². The molecule has 208 valence electrons. The fourth-order valence-electron chi connectivity index (χ4n) is 7.65. The lowest BCUT2D eigenvalue weighted by Gasteiger charge is -2.58. The van der Waals surface area contributed by atoms with Crippen LogP contribution in [0, 0.1) is 11.8 Å². The second kappa shape index (κ2) is 11.5. The number of carbonyl (C=O) groups is 2. The van der Waals surface area contributed by atoms with Crippen molar-refractivity contribution in [3.63, 3.8) is 0 Å². The number of amides is 1. The van der Waals surface area contributed by atoms with Gasteiger partial charge in [-0.3, -0.25) is 0 Å². The molecule has 1 aliphatic heterocycles. The lowest BCUT2D eigenvalue weighted by Crippen LogP contribution is -2.62. The molecule has 2 saturated carbocycles. The molecule has 0 aromatic heterocycles. The Hall–Kier alpha value is -3.22. The molecule has 6 rings (SSSR count). The summed E-state index contributed by atoms with van der Waals surface area (Å²) >= 11 is 0. The first-order valence-electron chi connectivity index (χ1n) is 14.7. The summed E-state index contributed by atoms with van der Waals surface area (Å²) in [6.45, 7) is 1.27. The SMILES string of the molecule is O=C(OCOc1ccc2c(c1)[C@]13CCCC[C@@H]1[C@@H](C2)N(C(=O)OCc1ccccc1)CC3)OCC1CCCC1. The van der Waals surface area contributed by atoms with Crippen molar-refractivity contribution in [1.29, 1.82) is 0 Å². The lowest BCUT2D eigenvalue weighted by atomic mass is 9.52. The van der Waals surface area contributed by atoms with Crippen LogP contribution in [0.5, 0.6) is 5.75 Å². The Labute approximate surface area is 230 Å². The molecule has 0 unspecified atom stereocenters. The summed E-state index contributed by atoms with van der Waals surface area (Å²) in [5.74, 6) is 1.58. The predicted molar refractivity (Wildman–Crippen MR) is 145 cm³/mol. The highest BCUT2D eigenvalue weighted by Crippen LogP contribution is 2.56. The van der Waals surface area contributed by atoms with Gasteiger partial charge in [-0.15, -0.1) is 0 Å². The zero-order valence-electron chi connectivity index (χ0n) is 22.6. The van der Waals surface area contributed by atoms with Crippen LogP contribution < -0.4 is 4.74 Å². The van der Waals surface area contributed by atoms with Crippen molar-refractivity contribution in [3.05, 3.63) is 65.2 Å². The maximum Gasteiger partial charge on any atom is 0.511 e. The van der Waals surface area contributed by atoms with Crippen LogP contribution >= 0.6 is 0 Å². The second-order valence-corrected chi connectivity index (χ2v) is 11.7. The molecule has 7 nitrogen and oxygen atoms in total. The fraction of sp³-hybridized carbons (Fsp3) is 0.562. The fourth-order valence-corrected chi connectivity index (χ4v) is 7.65. The highest BCUT2D eigenvalue weighted by molar-refractivity contribution is 5.69. The highest BCUT2D eigenvalue weighted by Gasteiger charge is 2.55. The molecule has 2 aromatic rings. The van der Waals surface area contributed by atoms with Crippen LogP contribution in [-0.2, 0) is 32.7 Å². The number of hydrogen-bond donors (Lipinski definition) is 0. The standard InChI is InChI=1S/C32H39NO6/c34-30(36-20-23-8-2-1-3-9-23)33-17-16-32-15-7-6-12-27(32)29(33)18-25-13-14-26(19-28(25)32)38-22-39-31(35)37-21-24-10-4-5-11-24/h1-3,8-9,13-14,19,24,27,29H,4-7,10-12,15-18,20-22H2/t27-,29-,32+/m1/s1. The van der Waals surface area contributed by atoms with Crippen LogP contribution in [0.1, 0.15) is 74.5 Å². The molecule has 4 aliphatic rings. The van der Waals surface area contributed by atoms with E-state index in [1.54, 1.807) is 0 Å². The summed E-state index contributed by atoms with van der Waals surface area (Å²) in [4.78, 5) is 27.2. The quantitative estimate of drug-likeness (QED) is 0.289. The van der Waals surface area contributed by atoms with Crippen molar-refractivity contribution in [2.75, 3.05) is 19.9 Å². The van der Waals surface area contributed by atoms with E-state index < -0.39 is 6.16 Å². The van der Waals surface area contributed by atoms with E-state index in [1.807, 2.05) is 41.3 Å². The molecule has 0 radical (unpaired) electrons. The Morgan fingerprint density at radius 1 is 0.897 bits per heavy atom. The Bertz CT molecular complexity index is 1160. The molecule has 7 heteroatoms. The number of benzene rings is 2. The molecule has 3 aliphatic carbocycles. The zero-order valence-corrected chi connectivity index (χ0v) is 22.6. The summed E-state index contributed by atoms with van der Waals surface area (Å²) in [7, 11) is 0. The smallest absolute Gasteiger partial charge is 0.457 e. The van der Waals surface area contributed by atoms with E-state index in [0.29, 0.717) is 37.3 Å². The lowest BCUT2D eigenvalue weighted by molar-refractivity contribution is -0.0146. The molecule has 0 spiro atoms. The average Bonchev–Trinajstić information content (AvgIpc) is 3.50. The number of hydrogen-bond acceptors (Lipinski definition) is 6. The van der Waals surface area contributed by atoms with E-state index in [4.69, 9.17) is 18.9 Å². The minimum atomic E-state index is -0.667. The summed E-state index contributed by atoms with van der Waals surface area (Å²) in [6, 6.07) is 16.2. The van der Waals surface area contributed by atoms with E-state index in [-0.39, 0.29) is 24.3 Å². The zero-order chi connectivity index (χ0) is 26.7. The highest BCUT2D eigenvalue weighted by atomic mass is 16.8. The Kier molecular flexibility index (Phi) is 7.67. The molecule has 39 heavy (non-hydrogen) atoms. The number of likely N-dealkylation sites (tertiary alicyclic amines) is 1. The van der Waals surface area contributed by atoms with Crippen LogP contribution in [0.4, 0.5) is 9.59 Å². The minimum Gasteiger partial charge on any atom is -0.457 e. The number of nitrogens with zero attached hydrogens (tertiary/aromatic N) is 1. The maximum absolute atomic E-state index is 13.2. The van der Waals surface area contributed by atoms with E-state index >= 15 is 0 Å². The molecule has 2 bridgehead atoms. The second-order valence-electron chi connectivity index (χ2n) is 11.7. The summed E-state index contributed by atoms with van der Waals surface area (Å²) in [5.41, 5.74) is 3.68. The third kappa shape index (κ3) is 5.45. The van der Waals surface area contributed by atoms with Crippen molar-refractivity contribution >= 4 is 12.2 Å². The van der Waals surface area contributed by atoms with Gasteiger partial charge < -0.3 is 23.8 Å². The van der Waals surface area contributed by atoms with Gasteiger partial charge in [0.25, 0.3) is 0 Å². The summed E-state index contributed by atoms with van der Waals surface area (Å²) in [5, 5.41) is 0. The molecule has 1 heterocycles. The minimum absolute atomic E-state index is 0.0488. The van der Waals surface area contributed by atoms with Crippen LogP contribution in [0.25, 0.3) is 0 Å². The first-order valence-corrected chi connectivity index (χ1v) is 14.7. The van der Waals surface area contributed by atoms with Gasteiger partial charge in [-0.05, 0) is 79.2 Å². The number of fused-ring (bicyclic) bond motifs is 1. The van der Waals surface area contributed by atoms with E-state index in [9.17, 15) is 9.59 Å². The molecule has 1 saturated heterocycles. The third-order valence-electron chi connectivity index (χ3n) is 9.56. The largest absolute Gasteiger partial charge is 0.511 e. The van der Waals surface area contributed by atoms with Gasteiger partial charge >= 0.3 is 12.2 Å². The molecular weight excluding hydrogens is 494 g/mol. The van der Waals surface area contributed by atoms with Crippen molar-refractivity contribution < 1.29 is 28.5 Å². The van der Waals surface area contributed by atoms with Gasteiger partial charge in [0, 0.05) is 18.0 Å². The van der Waals surface area contributed by atoms with Crippen molar-refractivity contribution in [1.82, 2.24) is 4.90 Å². The molecule has 1 amide bonds. The molecule has 2 aromatic carbocycles. The Morgan fingerprint density at radius 3 is 2.56 bits per heavy atom. The number of piperidine rings is 1. The van der Waals surface area contributed by atoms with Crippen LogP contribution in [0.15, 0.2) is 48.5 Å². The topological polar surface area (TPSA) is 74.3 Å². The van der Waals surface area contributed by atoms with Crippen LogP contribution in [0.2, 0.25) is 0 Å². The van der Waals surface area contributed by atoms with Crippen molar-refractivity contribution in [3.8, 4) is 5.75 Å². The first kappa shape index (κ1) is 26.0. The number of ether oxygens (including phenoxy) is 4. The van der Waals surface area contributed by atoms with E-state index in [0.717, 1.165) is 44.1 Å². The molecule has 3 atom stereocenters. The number of rotatable bonds is 7. The Balaban J connectivity index is 1.11. The molecular formula is C32H39NO6.